The van der Waals surface area contributed by atoms with E-state index in [4.69, 9.17) is 13.9 Å². The molecule has 0 radical (unpaired) electrons. The summed E-state index contributed by atoms with van der Waals surface area (Å²) in [4.78, 5) is 11.9. The SMILES string of the molecule is CC(C)COc1nn(-c2ccc(Oc3ccccc3)cc2)c(=O)o1. The molecule has 6 heteroatoms. The first-order valence-electron chi connectivity index (χ1n) is 7.68. The molecule has 124 valence electrons. The maximum absolute atomic E-state index is 11.9. The fourth-order valence-corrected chi connectivity index (χ4v) is 2.00. The van der Waals surface area contributed by atoms with Crippen molar-refractivity contribution in [3.8, 4) is 23.3 Å². The van der Waals surface area contributed by atoms with E-state index >= 15 is 0 Å². The molecule has 24 heavy (non-hydrogen) atoms. The van der Waals surface area contributed by atoms with Gasteiger partial charge in [-0.3, -0.25) is 0 Å². The average Bonchev–Trinajstić information content (AvgIpc) is 2.96. The van der Waals surface area contributed by atoms with Gasteiger partial charge in [0.2, 0.25) is 0 Å². The van der Waals surface area contributed by atoms with Gasteiger partial charge in [-0.05, 0) is 42.3 Å². The van der Waals surface area contributed by atoms with Gasteiger partial charge in [-0.15, -0.1) is 0 Å². The van der Waals surface area contributed by atoms with Crippen molar-refractivity contribution in [2.24, 2.45) is 5.92 Å². The Kier molecular flexibility index (Phi) is 4.65. The van der Waals surface area contributed by atoms with Crippen molar-refractivity contribution in [1.82, 2.24) is 9.78 Å². The minimum atomic E-state index is -0.592. The molecule has 0 spiro atoms. The Morgan fingerprint density at radius 1 is 1.04 bits per heavy atom. The van der Waals surface area contributed by atoms with Crippen LogP contribution in [0.4, 0.5) is 0 Å². The minimum Gasteiger partial charge on any atom is -0.457 e. The van der Waals surface area contributed by atoms with Gasteiger partial charge in [-0.2, -0.15) is 4.68 Å². The molecule has 0 fully saturated rings. The van der Waals surface area contributed by atoms with E-state index in [-0.39, 0.29) is 6.08 Å². The largest absolute Gasteiger partial charge is 0.457 e. The summed E-state index contributed by atoms with van der Waals surface area (Å²) in [6.45, 7) is 4.44. The van der Waals surface area contributed by atoms with Crippen molar-refractivity contribution in [1.29, 1.82) is 0 Å². The van der Waals surface area contributed by atoms with Gasteiger partial charge in [-0.25, -0.2) is 4.79 Å². The van der Waals surface area contributed by atoms with Gasteiger partial charge in [0.25, 0.3) is 0 Å². The Morgan fingerprint density at radius 2 is 1.71 bits per heavy atom. The highest BCUT2D eigenvalue weighted by atomic mass is 16.6. The van der Waals surface area contributed by atoms with Crippen LogP contribution >= 0.6 is 0 Å². The number of ether oxygens (including phenoxy) is 2. The van der Waals surface area contributed by atoms with Crippen LogP contribution in [0.25, 0.3) is 5.69 Å². The van der Waals surface area contributed by atoms with Crippen molar-refractivity contribution in [2.45, 2.75) is 13.8 Å². The normalized spacial score (nSPS) is 10.8. The van der Waals surface area contributed by atoms with Crippen molar-refractivity contribution >= 4 is 0 Å². The fourth-order valence-electron chi connectivity index (χ4n) is 2.00. The highest BCUT2D eigenvalue weighted by molar-refractivity contribution is 5.38. The maximum atomic E-state index is 11.9. The van der Waals surface area contributed by atoms with Gasteiger partial charge >= 0.3 is 11.8 Å². The summed E-state index contributed by atoms with van der Waals surface area (Å²) < 4.78 is 17.2. The monoisotopic (exact) mass is 326 g/mol. The number of aromatic nitrogens is 2. The zero-order chi connectivity index (χ0) is 16.9. The van der Waals surface area contributed by atoms with Crippen molar-refractivity contribution in [3.63, 3.8) is 0 Å². The van der Waals surface area contributed by atoms with E-state index in [0.29, 0.717) is 24.0 Å². The zero-order valence-corrected chi connectivity index (χ0v) is 13.5. The standard InChI is InChI=1S/C18H18N2O4/c1-13(2)12-22-17-19-20(18(21)24-17)14-8-10-16(11-9-14)23-15-6-4-3-5-7-15/h3-11,13H,12H2,1-2H3. The first-order chi connectivity index (χ1) is 11.6. The minimum absolute atomic E-state index is 0.0293. The van der Waals surface area contributed by atoms with Crippen LogP contribution < -0.4 is 15.2 Å². The summed E-state index contributed by atoms with van der Waals surface area (Å²) in [5, 5.41) is 4.04. The van der Waals surface area contributed by atoms with Gasteiger partial charge < -0.3 is 13.9 Å². The Labute approximate surface area is 139 Å². The second kappa shape index (κ2) is 7.04. The van der Waals surface area contributed by atoms with Crippen LogP contribution in [0.5, 0.6) is 17.6 Å². The third-order valence-corrected chi connectivity index (χ3v) is 3.13. The third kappa shape index (κ3) is 3.84. The predicted octanol–water partition coefficient (Wildman–Crippen LogP) is 3.65. The van der Waals surface area contributed by atoms with Gasteiger partial charge in [0, 0.05) is 0 Å². The van der Waals surface area contributed by atoms with Crippen LogP contribution in [-0.2, 0) is 0 Å². The Balaban J connectivity index is 1.75. The predicted molar refractivity (Wildman–Crippen MR) is 88.9 cm³/mol. The van der Waals surface area contributed by atoms with Gasteiger partial charge in [0.1, 0.15) is 11.5 Å². The topological polar surface area (TPSA) is 66.5 Å². The second-order valence-corrected chi connectivity index (χ2v) is 5.66. The Hall–Kier alpha value is -3.02. The van der Waals surface area contributed by atoms with Crippen molar-refractivity contribution in [3.05, 3.63) is 65.1 Å². The molecular weight excluding hydrogens is 308 g/mol. The summed E-state index contributed by atoms with van der Waals surface area (Å²) in [6, 6.07) is 16.4. The highest BCUT2D eigenvalue weighted by Gasteiger charge is 2.11. The Morgan fingerprint density at radius 3 is 2.38 bits per heavy atom. The molecule has 0 aliphatic carbocycles. The average molecular weight is 326 g/mol. The molecule has 2 aromatic carbocycles. The van der Waals surface area contributed by atoms with E-state index in [1.807, 2.05) is 44.2 Å². The van der Waals surface area contributed by atoms with Gasteiger partial charge in [0.15, 0.2) is 0 Å². The van der Waals surface area contributed by atoms with Crippen LogP contribution in [0.15, 0.2) is 63.8 Å². The maximum Gasteiger partial charge on any atom is 0.444 e. The first kappa shape index (κ1) is 15.9. The summed E-state index contributed by atoms with van der Waals surface area (Å²) in [5.41, 5.74) is 0.573. The molecule has 0 unspecified atom stereocenters. The fraction of sp³-hybridized carbons (Fsp3) is 0.222. The lowest BCUT2D eigenvalue weighted by Crippen LogP contribution is -2.13. The quantitative estimate of drug-likeness (QED) is 0.691. The number of nitrogens with zero attached hydrogens (tertiary/aromatic N) is 2. The van der Waals surface area contributed by atoms with Crippen molar-refractivity contribution in [2.75, 3.05) is 6.61 Å². The molecule has 0 saturated carbocycles. The molecule has 0 atom stereocenters. The molecule has 1 heterocycles. The molecule has 6 nitrogen and oxygen atoms in total. The van der Waals surface area contributed by atoms with Crippen LogP contribution in [0.1, 0.15) is 13.8 Å². The van der Waals surface area contributed by atoms with Gasteiger partial charge in [-0.1, -0.05) is 37.1 Å². The van der Waals surface area contributed by atoms with E-state index in [0.717, 1.165) is 10.4 Å². The van der Waals surface area contributed by atoms with E-state index in [1.165, 1.54) is 0 Å². The lowest BCUT2D eigenvalue weighted by atomic mass is 10.2. The van der Waals surface area contributed by atoms with Crippen LogP contribution in [0, 0.1) is 5.92 Å². The first-order valence-corrected chi connectivity index (χ1v) is 7.68. The van der Waals surface area contributed by atoms with Crippen LogP contribution in [-0.4, -0.2) is 16.4 Å². The smallest absolute Gasteiger partial charge is 0.444 e. The molecule has 0 bridgehead atoms. The number of rotatable bonds is 6. The summed E-state index contributed by atoms with van der Waals surface area (Å²) >= 11 is 0. The molecular formula is C18H18N2O4. The van der Waals surface area contributed by atoms with E-state index in [9.17, 15) is 4.79 Å². The number of hydrogen-bond acceptors (Lipinski definition) is 5. The highest BCUT2D eigenvalue weighted by Crippen LogP contribution is 2.22. The number of benzene rings is 2. The molecule has 3 aromatic rings. The number of para-hydroxylation sites is 1. The zero-order valence-electron chi connectivity index (χ0n) is 13.5. The molecule has 0 N–H and O–H groups in total. The van der Waals surface area contributed by atoms with Gasteiger partial charge in [0.05, 0.1) is 12.3 Å². The molecule has 3 rings (SSSR count). The lowest BCUT2D eigenvalue weighted by molar-refractivity contribution is 0.198. The number of hydrogen-bond donors (Lipinski definition) is 0. The summed E-state index contributed by atoms with van der Waals surface area (Å²) in [5.74, 6) is 1.13. The third-order valence-electron chi connectivity index (χ3n) is 3.13. The van der Waals surface area contributed by atoms with Crippen molar-refractivity contribution < 1.29 is 13.9 Å². The van der Waals surface area contributed by atoms with Crippen LogP contribution in [0.2, 0.25) is 0 Å². The Bertz CT molecular complexity index is 835. The lowest BCUT2D eigenvalue weighted by Gasteiger charge is -2.06. The second-order valence-electron chi connectivity index (χ2n) is 5.66. The summed E-state index contributed by atoms with van der Waals surface area (Å²) in [7, 11) is 0. The van der Waals surface area contributed by atoms with E-state index in [1.54, 1.807) is 24.3 Å². The summed E-state index contributed by atoms with van der Waals surface area (Å²) in [6.07, 6.45) is -0.0293. The van der Waals surface area contributed by atoms with Crippen LogP contribution in [0.3, 0.4) is 0 Å². The van der Waals surface area contributed by atoms with E-state index in [2.05, 4.69) is 5.10 Å². The van der Waals surface area contributed by atoms with E-state index < -0.39 is 5.76 Å². The molecule has 1 aromatic heterocycles. The molecule has 0 saturated heterocycles. The molecule has 0 amide bonds. The molecule has 0 aliphatic heterocycles. The molecule has 0 aliphatic rings.